The third-order valence-electron chi connectivity index (χ3n) is 11.3. The lowest BCUT2D eigenvalue weighted by Crippen LogP contribution is -2.53. The summed E-state index contributed by atoms with van der Waals surface area (Å²) in [4.78, 5) is 59.6. The molecule has 0 spiro atoms. The molecule has 4 aromatic rings. The van der Waals surface area contributed by atoms with Crippen molar-refractivity contribution in [2.24, 2.45) is 23.7 Å². The second kappa shape index (κ2) is 12.5. The highest BCUT2D eigenvalue weighted by Crippen LogP contribution is 2.64. The van der Waals surface area contributed by atoms with Gasteiger partial charge >= 0.3 is 12.4 Å². The van der Waals surface area contributed by atoms with Crippen LogP contribution in [0.4, 0.5) is 42.1 Å². The number of aromatic hydroxyl groups is 1. The van der Waals surface area contributed by atoms with Crippen molar-refractivity contribution in [3.05, 3.63) is 136 Å². The zero-order valence-electron chi connectivity index (χ0n) is 28.0. The minimum absolute atomic E-state index is 0.110. The Labute approximate surface area is 312 Å². The van der Waals surface area contributed by atoms with E-state index in [0.717, 1.165) is 17.0 Å². The Kier molecular flexibility index (Phi) is 8.30. The number of phenolic OH excluding ortho intramolecular Hbond substituents is 1. The molecule has 2 aliphatic heterocycles. The molecule has 7 nitrogen and oxygen atoms in total. The highest BCUT2D eigenvalue weighted by Gasteiger charge is 2.70. The fourth-order valence-corrected chi connectivity index (χ4v) is 9.33. The van der Waals surface area contributed by atoms with Gasteiger partial charge in [-0.3, -0.25) is 19.2 Å². The average Bonchev–Trinajstić information content (AvgIpc) is 3.53. The Morgan fingerprint density at radius 1 is 0.709 bits per heavy atom. The first-order valence-corrected chi connectivity index (χ1v) is 17.4. The number of alkyl halides is 6. The number of hydrogen-bond acceptors (Lipinski definition) is 5. The average molecular weight is 783 g/mol. The van der Waals surface area contributed by atoms with Gasteiger partial charge in [0.15, 0.2) is 11.6 Å². The molecule has 0 bridgehead atoms. The van der Waals surface area contributed by atoms with Crippen LogP contribution < -0.4 is 9.80 Å². The van der Waals surface area contributed by atoms with Crippen molar-refractivity contribution >= 4 is 46.6 Å². The number of fused-ring (bicyclic) bond motifs is 4. The summed E-state index contributed by atoms with van der Waals surface area (Å²) in [5.74, 6) is -11.5. The van der Waals surface area contributed by atoms with Gasteiger partial charge in [0, 0.05) is 10.9 Å². The normalized spacial score (nSPS) is 26.5. The Hall–Kier alpha value is -5.50. The van der Waals surface area contributed by atoms with Crippen LogP contribution in [-0.4, -0.2) is 28.7 Å². The summed E-state index contributed by atoms with van der Waals surface area (Å²) < 4.78 is 98.4. The van der Waals surface area contributed by atoms with E-state index in [1.165, 1.54) is 30.3 Å². The third-order valence-corrected chi connectivity index (χ3v) is 11.5. The van der Waals surface area contributed by atoms with Gasteiger partial charge in [0.2, 0.25) is 23.6 Å². The maximum Gasteiger partial charge on any atom is 0.416 e. The zero-order chi connectivity index (χ0) is 39.4. The van der Waals surface area contributed by atoms with Gasteiger partial charge in [-0.2, -0.15) is 26.3 Å². The van der Waals surface area contributed by atoms with Gasteiger partial charge in [0.1, 0.15) is 0 Å². The fourth-order valence-electron chi connectivity index (χ4n) is 9.14. The van der Waals surface area contributed by atoms with Crippen molar-refractivity contribution in [1.82, 2.24) is 0 Å². The van der Waals surface area contributed by atoms with E-state index in [2.05, 4.69) is 0 Å². The molecular formula is C40H26ClF7N2O5. The molecule has 2 aliphatic carbocycles. The lowest BCUT2D eigenvalue weighted by atomic mass is 9.49. The third kappa shape index (κ3) is 5.47. The number of anilines is 2. The van der Waals surface area contributed by atoms with Crippen LogP contribution in [-0.2, 0) is 36.9 Å². The molecule has 4 amide bonds. The standard InChI is InChI=1S/C40H26ClF7N2O5/c41-23-7-4-8-24(17-23)50-35(53)29-18-28-26(33(19-9-12-31(51)30(42)13-19)38(29,37(50)55)20-5-2-1-3-6-20)10-11-27-32(28)36(54)49(34(27)52)25-15-21(39(43,44)45)14-22(16-25)40(46,47)48/h1-10,12-17,27-29,32-33,51H,11,18H2/t27-,28+,29-,32-,33-,38+/m0/s1. The van der Waals surface area contributed by atoms with E-state index in [1.54, 1.807) is 36.4 Å². The predicted octanol–water partition coefficient (Wildman–Crippen LogP) is 8.59. The molecule has 15 heteroatoms. The molecule has 55 heavy (non-hydrogen) atoms. The number of hydrogen-bond donors (Lipinski definition) is 1. The highest BCUT2D eigenvalue weighted by molar-refractivity contribution is 6.32. The number of nitrogens with zero attached hydrogens (tertiary/aromatic N) is 2. The molecule has 4 aromatic carbocycles. The van der Waals surface area contributed by atoms with Crippen molar-refractivity contribution < 1.29 is 55.0 Å². The zero-order valence-corrected chi connectivity index (χ0v) is 28.8. The first-order valence-electron chi connectivity index (χ1n) is 17.0. The van der Waals surface area contributed by atoms with Crippen LogP contribution in [0.1, 0.15) is 41.0 Å². The van der Waals surface area contributed by atoms with Gasteiger partial charge < -0.3 is 5.11 Å². The molecule has 6 atom stereocenters. The number of imide groups is 2. The van der Waals surface area contributed by atoms with Crippen molar-refractivity contribution in [1.29, 1.82) is 0 Å². The smallest absolute Gasteiger partial charge is 0.416 e. The summed E-state index contributed by atoms with van der Waals surface area (Å²) in [6, 6.07) is 18.2. The van der Waals surface area contributed by atoms with E-state index >= 15 is 9.18 Å². The van der Waals surface area contributed by atoms with E-state index in [-0.39, 0.29) is 35.2 Å². The molecule has 8 rings (SSSR count). The number of benzene rings is 4. The van der Waals surface area contributed by atoms with Crippen LogP contribution in [0.2, 0.25) is 5.02 Å². The number of allylic oxidation sites excluding steroid dienone is 2. The number of carbonyl (C=O) groups is 4. The predicted molar refractivity (Wildman–Crippen MR) is 183 cm³/mol. The van der Waals surface area contributed by atoms with E-state index in [0.29, 0.717) is 28.2 Å². The topological polar surface area (TPSA) is 95.0 Å². The lowest BCUT2D eigenvalue weighted by Gasteiger charge is -2.50. The maximum atomic E-state index is 15.3. The second-order valence-electron chi connectivity index (χ2n) is 14.1. The summed E-state index contributed by atoms with van der Waals surface area (Å²) in [7, 11) is 0. The van der Waals surface area contributed by atoms with E-state index < -0.39 is 99.4 Å². The van der Waals surface area contributed by atoms with E-state index in [4.69, 9.17) is 11.6 Å². The monoisotopic (exact) mass is 782 g/mol. The molecule has 282 valence electrons. The lowest BCUT2D eigenvalue weighted by molar-refractivity contribution is -0.143. The maximum absolute atomic E-state index is 15.3. The summed E-state index contributed by atoms with van der Waals surface area (Å²) in [5, 5.41) is 10.4. The Balaban J connectivity index is 1.32. The minimum atomic E-state index is -5.26. The molecule has 2 saturated heterocycles. The second-order valence-corrected chi connectivity index (χ2v) is 14.5. The number of phenols is 1. The molecule has 2 heterocycles. The molecule has 0 unspecified atom stereocenters. The fraction of sp³-hybridized carbons (Fsp3) is 0.250. The quantitative estimate of drug-likeness (QED) is 0.127. The summed E-state index contributed by atoms with van der Waals surface area (Å²) >= 11 is 6.28. The number of halogens is 8. The molecule has 3 fully saturated rings. The summed E-state index contributed by atoms with van der Waals surface area (Å²) in [5.41, 5.74) is -5.18. The van der Waals surface area contributed by atoms with Gasteiger partial charge in [-0.05, 0) is 78.4 Å². The molecule has 1 N–H and O–H groups in total. The number of carbonyl (C=O) groups excluding carboxylic acids is 4. The molecule has 0 radical (unpaired) electrons. The van der Waals surface area contributed by atoms with E-state index in [9.17, 15) is 45.8 Å². The molecule has 0 aromatic heterocycles. The van der Waals surface area contributed by atoms with E-state index in [1.807, 2.05) is 0 Å². The molecule has 1 saturated carbocycles. The van der Waals surface area contributed by atoms with Crippen LogP contribution in [0, 0.1) is 29.5 Å². The molecular weight excluding hydrogens is 757 g/mol. The van der Waals surface area contributed by atoms with Crippen molar-refractivity contribution in [3.63, 3.8) is 0 Å². The number of amides is 4. The Morgan fingerprint density at radius 3 is 2.00 bits per heavy atom. The first-order chi connectivity index (χ1) is 25.9. The van der Waals surface area contributed by atoms with Crippen LogP contribution in [0.25, 0.3) is 0 Å². The van der Waals surface area contributed by atoms with Gasteiger partial charge in [0.05, 0.1) is 45.7 Å². The van der Waals surface area contributed by atoms with Crippen LogP contribution in [0.15, 0.2) is 103 Å². The van der Waals surface area contributed by atoms with Gasteiger partial charge in [0.25, 0.3) is 0 Å². The van der Waals surface area contributed by atoms with Crippen LogP contribution in [0.3, 0.4) is 0 Å². The van der Waals surface area contributed by atoms with Crippen molar-refractivity contribution in [2.75, 3.05) is 9.80 Å². The van der Waals surface area contributed by atoms with Crippen molar-refractivity contribution in [2.45, 2.75) is 36.5 Å². The SMILES string of the molecule is O=C1[C@H]2[C@H](CC=C3[C@H]2C[C@H]2C(=O)N(c4cccc(Cl)c4)C(=O)[C@@]2(c2ccccc2)[C@H]3c2ccc(O)c(F)c2)C(=O)N1c1cc(C(F)(F)F)cc(C(F)(F)F)c1. The molecule has 4 aliphatic rings. The van der Waals surface area contributed by atoms with Gasteiger partial charge in [-0.25, -0.2) is 14.2 Å². The summed E-state index contributed by atoms with van der Waals surface area (Å²) in [6.07, 6.45) is -9.39. The largest absolute Gasteiger partial charge is 0.505 e. The summed E-state index contributed by atoms with van der Waals surface area (Å²) in [6.45, 7) is 0. The first kappa shape index (κ1) is 36.5. The Morgan fingerprint density at radius 2 is 1.38 bits per heavy atom. The van der Waals surface area contributed by atoms with Crippen LogP contribution in [0.5, 0.6) is 5.75 Å². The minimum Gasteiger partial charge on any atom is -0.505 e. The highest BCUT2D eigenvalue weighted by atomic mass is 35.5. The van der Waals surface area contributed by atoms with Gasteiger partial charge in [-0.15, -0.1) is 0 Å². The Bertz CT molecular complexity index is 2310. The van der Waals surface area contributed by atoms with Crippen LogP contribution >= 0.6 is 11.6 Å². The van der Waals surface area contributed by atoms with Crippen molar-refractivity contribution in [3.8, 4) is 5.75 Å². The number of rotatable bonds is 4. The van der Waals surface area contributed by atoms with Gasteiger partial charge in [-0.1, -0.05) is 65.7 Å².